The van der Waals surface area contributed by atoms with Crippen molar-refractivity contribution in [3.8, 4) is 5.75 Å². The molecule has 1 aliphatic rings. The summed E-state index contributed by atoms with van der Waals surface area (Å²) in [5.74, 6) is 1.85. The molecule has 34 heavy (non-hydrogen) atoms. The van der Waals surface area contributed by atoms with E-state index in [0.717, 1.165) is 44.3 Å². The predicted octanol–water partition coefficient (Wildman–Crippen LogP) is 4.01. The van der Waals surface area contributed by atoms with Gasteiger partial charge in [-0.3, -0.25) is 9.80 Å². The third-order valence-electron chi connectivity index (χ3n) is 6.44. The molecule has 7 nitrogen and oxygen atoms in total. The molecule has 5 rings (SSSR count). The van der Waals surface area contributed by atoms with Crippen LogP contribution in [0.4, 0.5) is 0 Å². The molecule has 0 N–H and O–H groups in total. The number of tetrazole rings is 1. The molecule has 0 unspecified atom stereocenters. The van der Waals surface area contributed by atoms with Gasteiger partial charge in [-0.25, -0.2) is 4.68 Å². The van der Waals surface area contributed by atoms with Gasteiger partial charge in [-0.1, -0.05) is 54.1 Å². The minimum Gasteiger partial charge on any atom is -0.496 e. The lowest BCUT2D eigenvalue weighted by Crippen LogP contribution is -2.48. The molecule has 1 fully saturated rings. The van der Waals surface area contributed by atoms with E-state index in [9.17, 15) is 0 Å². The normalized spacial score (nSPS) is 15.9. The summed E-state index contributed by atoms with van der Waals surface area (Å²) >= 11 is 1.73. The van der Waals surface area contributed by atoms with Gasteiger partial charge in [0.25, 0.3) is 0 Å². The Morgan fingerprint density at radius 1 is 0.941 bits per heavy atom. The quantitative estimate of drug-likeness (QED) is 0.385. The summed E-state index contributed by atoms with van der Waals surface area (Å²) in [5, 5.41) is 15.0. The van der Waals surface area contributed by atoms with Crippen LogP contribution in [0, 0.1) is 6.92 Å². The smallest absolute Gasteiger partial charge is 0.173 e. The highest BCUT2D eigenvalue weighted by Gasteiger charge is 2.31. The van der Waals surface area contributed by atoms with Crippen LogP contribution in [0.3, 0.4) is 0 Å². The number of aromatic nitrogens is 4. The molecule has 8 heteroatoms. The van der Waals surface area contributed by atoms with Crippen LogP contribution >= 0.6 is 11.3 Å². The minimum absolute atomic E-state index is 0.0176. The second-order valence-electron chi connectivity index (χ2n) is 8.71. The summed E-state index contributed by atoms with van der Waals surface area (Å²) in [6, 6.07) is 21.3. The largest absolute Gasteiger partial charge is 0.496 e. The van der Waals surface area contributed by atoms with Gasteiger partial charge in [0.1, 0.15) is 5.75 Å². The molecule has 0 aliphatic carbocycles. The van der Waals surface area contributed by atoms with E-state index >= 15 is 0 Å². The van der Waals surface area contributed by atoms with E-state index in [4.69, 9.17) is 4.74 Å². The van der Waals surface area contributed by atoms with E-state index in [1.165, 1.54) is 21.6 Å². The van der Waals surface area contributed by atoms with E-state index in [1.807, 2.05) is 16.8 Å². The van der Waals surface area contributed by atoms with Crippen molar-refractivity contribution in [2.24, 2.45) is 0 Å². The number of ether oxygens (including phenoxy) is 1. The van der Waals surface area contributed by atoms with E-state index < -0.39 is 0 Å². The standard InChI is InChI=1S/C26H30N6OS/c1-20-9-11-21(12-10-20)25(26-27-28-29-32(26)19-23-7-5-17-34-23)31-15-13-30(14-16-31)18-22-6-3-4-8-24(22)33-2/h3-12,17,25H,13-16,18-19H2,1-2H3/t25-/m1/s1. The molecule has 3 heterocycles. The number of para-hydroxylation sites is 1. The van der Waals surface area contributed by atoms with Crippen molar-refractivity contribution in [2.45, 2.75) is 26.1 Å². The van der Waals surface area contributed by atoms with Crippen LogP contribution in [0.5, 0.6) is 5.75 Å². The summed E-state index contributed by atoms with van der Waals surface area (Å²) in [6.45, 7) is 7.55. The van der Waals surface area contributed by atoms with Crippen molar-refractivity contribution in [3.63, 3.8) is 0 Å². The van der Waals surface area contributed by atoms with Crippen LogP contribution in [-0.4, -0.2) is 63.3 Å². The van der Waals surface area contributed by atoms with Crippen LogP contribution < -0.4 is 4.74 Å². The van der Waals surface area contributed by atoms with Crippen LogP contribution in [0.1, 0.15) is 33.4 Å². The first-order chi connectivity index (χ1) is 16.7. The van der Waals surface area contributed by atoms with Crippen molar-refractivity contribution in [3.05, 3.63) is 93.4 Å². The van der Waals surface area contributed by atoms with Crippen LogP contribution in [0.25, 0.3) is 0 Å². The van der Waals surface area contributed by atoms with Gasteiger partial charge < -0.3 is 4.74 Å². The summed E-state index contributed by atoms with van der Waals surface area (Å²) < 4.78 is 7.51. The highest BCUT2D eigenvalue weighted by molar-refractivity contribution is 7.09. The number of nitrogens with zero attached hydrogens (tertiary/aromatic N) is 6. The number of hydrogen-bond acceptors (Lipinski definition) is 7. The van der Waals surface area contributed by atoms with Gasteiger partial charge in [0.15, 0.2) is 5.82 Å². The third-order valence-corrected chi connectivity index (χ3v) is 7.30. The van der Waals surface area contributed by atoms with E-state index in [0.29, 0.717) is 6.54 Å². The molecule has 2 aromatic heterocycles. The average Bonchev–Trinajstić information content (AvgIpc) is 3.55. The van der Waals surface area contributed by atoms with Crippen molar-refractivity contribution < 1.29 is 4.74 Å². The number of aryl methyl sites for hydroxylation is 1. The van der Waals surface area contributed by atoms with Crippen molar-refractivity contribution >= 4 is 11.3 Å². The van der Waals surface area contributed by atoms with Gasteiger partial charge in [0.2, 0.25) is 0 Å². The van der Waals surface area contributed by atoms with Crippen LogP contribution in [0.15, 0.2) is 66.0 Å². The number of piperazine rings is 1. The Morgan fingerprint density at radius 3 is 2.47 bits per heavy atom. The number of rotatable bonds is 8. The molecule has 0 bridgehead atoms. The molecule has 2 aromatic carbocycles. The molecular formula is C26H30N6OS. The van der Waals surface area contributed by atoms with E-state index in [2.05, 4.69) is 86.2 Å². The first kappa shape index (κ1) is 22.7. The number of hydrogen-bond donors (Lipinski definition) is 0. The molecule has 176 valence electrons. The lowest BCUT2D eigenvalue weighted by Gasteiger charge is -2.39. The highest BCUT2D eigenvalue weighted by Crippen LogP contribution is 2.29. The second kappa shape index (κ2) is 10.5. The second-order valence-corrected chi connectivity index (χ2v) is 9.74. The molecule has 1 aliphatic heterocycles. The Labute approximate surface area is 204 Å². The topological polar surface area (TPSA) is 59.3 Å². The van der Waals surface area contributed by atoms with Gasteiger partial charge in [-0.05, 0) is 40.4 Å². The predicted molar refractivity (Wildman–Crippen MR) is 134 cm³/mol. The Kier molecular flexibility index (Phi) is 6.99. The fourth-order valence-electron chi connectivity index (χ4n) is 4.60. The molecule has 0 spiro atoms. The highest BCUT2D eigenvalue weighted by atomic mass is 32.1. The fourth-order valence-corrected chi connectivity index (χ4v) is 5.28. The fraction of sp³-hybridized carbons (Fsp3) is 0.346. The Balaban J connectivity index is 1.36. The number of benzene rings is 2. The molecule has 4 aromatic rings. The molecule has 0 radical (unpaired) electrons. The summed E-state index contributed by atoms with van der Waals surface area (Å²) in [7, 11) is 1.74. The van der Waals surface area contributed by atoms with Crippen molar-refractivity contribution in [2.75, 3.05) is 33.3 Å². The lowest BCUT2D eigenvalue weighted by molar-refractivity contribution is 0.0997. The molecule has 0 amide bonds. The zero-order valence-electron chi connectivity index (χ0n) is 19.7. The van der Waals surface area contributed by atoms with Gasteiger partial charge >= 0.3 is 0 Å². The first-order valence-corrected chi connectivity index (χ1v) is 12.5. The molecule has 1 atom stereocenters. The monoisotopic (exact) mass is 474 g/mol. The summed E-state index contributed by atoms with van der Waals surface area (Å²) in [5.41, 5.74) is 3.71. The van der Waals surface area contributed by atoms with Crippen molar-refractivity contribution in [1.29, 1.82) is 0 Å². The maximum absolute atomic E-state index is 5.56. The van der Waals surface area contributed by atoms with E-state index in [1.54, 1.807) is 18.4 Å². The lowest BCUT2D eigenvalue weighted by atomic mass is 10.0. The zero-order chi connectivity index (χ0) is 23.3. The molecule has 0 saturated carbocycles. The van der Waals surface area contributed by atoms with Gasteiger partial charge in [-0.15, -0.1) is 16.4 Å². The molecular weight excluding hydrogens is 444 g/mol. The Bertz CT molecular complexity index is 1180. The van der Waals surface area contributed by atoms with Gasteiger partial charge in [0.05, 0.1) is 19.7 Å². The maximum atomic E-state index is 5.56. The summed E-state index contributed by atoms with van der Waals surface area (Å²) in [4.78, 5) is 6.26. The number of thiophene rings is 1. The van der Waals surface area contributed by atoms with Gasteiger partial charge in [0, 0.05) is 43.2 Å². The average molecular weight is 475 g/mol. The number of methoxy groups -OCH3 is 1. The third kappa shape index (κ3) is 5.04. The van der Waals surface area contributed by atoms with E-state index in [-0.39, 0.29) is 6.04 Å². The maximum Gasteiger partial charge on any atom is 0.173 e. The summed E-state index contributed by atoms with van der Waals surface area (Å²) in [6.07, 6.45) is 0. The molecule has 1 saturated heterocycles. The Morgan fingerprint density at radius 2 is 1.74 bits per heavy atom. The zero-order valence-corrected chi connectivity index (χ0v) is 20.5. The van der Waals surface area contributed by atoms with Crippen LogP contribution in [-0.2, 0) is 13.1 Å². The first-order valence-electron chi connectivity index (χ1n) is 11.6. The minimum atomic E-state index is 0.0176. The van der Waals surface area contributed by atoms with Crippen molar-refractivity contribution in [1.82, 2.24) is 30.0 Å². The Hall–Kier alpha value is -3.07. The SMILES string of the molecule is COc1ccccc1CN1CCN([C@H](c2ccc(C)cc2)c2nnnn2Cc2cccs2)CC1. The van der Waals surface area contributed by atoms with Crippen LogP contribution in [0.2, 0.25) is 0 Å². The van der Waals surface area contributed by atoms with Gasteiger partial charge in [-0.2, -0.15) is 0 Å².